The van der Waals surface area contributed by atoms with E-state index in [-0.39, 0.29) is 29.9 Å². The molecule has 0 aliphatic carbocycles. The summed E-state index contributed by atoms with van der Waals surface area (Å²) in [5, 5.41) is 6.51. The maximum Gasteiger partial charge on any atom is 0.305 e. The van der Waals surface area contributed by atoms with Crippen LogP contribution in [-0.4, -0.2) is 49.1 Å². The van der Waals surface area contributed by atoms with Crippen molar-refractivity contribution in [1.29, 1.82) is 0 Å². The van der Waals surface area contributed by atoms with Gasteiger partial charge in [0.2, 0.25) is 0 Å². The Bertz CT molecular complexity index is 523. The first kappa shape index (κ1) is 24.1. The highest BCUT2D eigenvalue weighted by atomic mass is 127. The van der Waals surface area contributed by atoms with E-state index in [1.54, 1.807) is 11.3 Å². The highest BCUT2D eigenvalue weighted by Crippen LogP contribution is 2.10. The van der Waals surface area contributed by atoms with Crippen LogP contribution in [0.4, 0.5) is 0 Å². The molecule has 8 heteroatoms. The number of hydrogen-bond acceptors (Lipinski definition) is 5. The van der Waals surface area contributed by atoms with Gasteiger partial charge in [0, 0.05) is 31.9 Å². The molecule has 0 amide bonds. The largest absolute Gasteiger partial charge is 0.469 e. The number of guanidine groups is 1. The van der Waals surface area contributed by atoms with E-state index < -0.39 is 0 Å². The smallest absolute Gasteiger partial charge is 0.305 e. The average molecular weight is 482 g/mol. The van der Waals surface area contributed by atoms with Gasteiger partial charge >= 0.3 is 5.97 Å². The molecule has 1 aromatic rings. The molecular weight excluding hydrogens is 451 g/mol. The molecule has 0 unspecified atom stereocenters. The molecule has 0 spiro atoms. The molecule has 0 aliphatic heterocycles. The third-order valence-corrected chi connectivity index (χ3v) is 4.36. The van der Waals surface area contributed by atoms with Crippen LogP contribution in [0.5, 0.6) is 0 Å². The Kier molecular flexibility index (Phi) is 13.8. The van der Waals surface area contributed by atoms with Crippen molar-refractivity contribution < 1.29 is 9.53 Å². The summed E-state index contributed by atoms with van der Waals surface area (Å²) in [5.74, 6) is 0.791. The lowest BCUT2D eigenvalue weighted by Gasteiger charge is -2.21. The van der Waals surface area contributed by atoms with Gasteiger partial charge in [-0.2, -0.15) is 0 Å². The van der Waals surface area contributed by atoms with Crippen LogP contribution in [0.25, 0.3) is 0 Å². The van der Waals surface area contributed by atoms with Crippen molar-refractivity contribution >= 4 is 47.2 Å². The highest BCUT2D eigenvalue weighted by molar-refractivity contribution is 14.0. The average Bonchev–Trinajstić information content (AvgIpc) is 2.97. The van der Waals surface area contributed by atoms with Crippen LogP contribution < -0.4 is 5.32 Å². The van der Waals surface area contributed by atoms with Gasteiger partial charge in [-0.15, -0.1) is 35.3 Å². The lowest BCUT2D eigenvalue weighted by molar-refractivity contribution is -0.140. The summed E-state index contributed by atoms with van der Waals surface area (Å²) in [4.78, 5) is 22.3. The quantitative estimate of drug-likeness (QED) is 0.182. The Morgan fingerprint density at radius 2 is 2.08 bits per heavy atom. The topological polar surface area (TPSA) is 66.8 Å². The number of carbonyl (C=O) groups is 1. The molecule has 0 aliphatic rings. The van der Waals surface area contributed by atoms with E-state index >= 15 is 0 Å². The fraction of sp³-hybridized carbons (Fsp3) is 0.706. The van der Waals surface area contributed by atoms with E-state index in [4.69, 9.17) is 0 Å². The molecule has 6 nitrogen and oxygen atoms in total. The van der Waals surface area contributed by atoms with E-state index in [9.17, 15) is 4.79 Å². The van der Waals surface area contributed by atoms with Crippen molar-refractivity contribution in [3.05, 3.63) is 16.1 Å². The van der Waals surface area contributed by atoms with Gasteiger partial charge in [0.05, 0.1) is 24.4 Å². The minimum atomic E-state index is -0.124. The summed E-state index contributed by atoms with van der Waals surface area (Å²) in [5.41, 5.74) is 1.08. The normalized spacial score (nSPS) is 11.0. The Hall–Kier alpha value is -0.900. The number of halogens is 1. The van der Waals surface area contributed by atoms with E-state index in [1.165, 1.54) is 7.11 Å². The van der Waals surface area contributed by atoms with Gasteiger partial charge in [-0.3, -0.25) is 9.79 Å². The number of nitrogens with one attached hydrogen (secondary N) is 1. The number of aryl methyl sites for hydroxylation is 1. The number of rotatable bonds is 10. The van der Waals surface area contributed by atoms with Gasteiger partial charge in [-0.05, 0) is 26.7 Å². The van der Waals surface area contributed by atoms with Crippen LogP contribution in [0.3, 0.4) is 0 Å². The molecule has 25 heavy (non-hydrogen) atoms. The monoisotopic (exact) mass is 482 g/mol. The van der Waals surface area contributed by atoms with Crippen molar-refractivity contribution in [2.45, 2.75) is 52.5 Å². The number of unbranched alkanes of at least 4 members (excludes halogenated alkanes) is 3. The molecule has 0 atom stereocenters. The Morgan fingerprint density at radius 3 is 2.68 bits per heavy atom. The van der Waals surface area contributed by atoms with Crippen molar-refractivity contribution in [2.24, 2.45) is 4.99 Å². The number of carbonyl (C=O) groups excluding carboxylic acids is 1. The summed E-state index contributed by atoms with van der Waals surface area (Å²) in [6.45, 7) is 6.49. The molecule has 0 aromatic carbocycles. The first-order chi connectivity index (χ1) is 11.6. The summed E-state index contributed by atoms with van der Waals surface area (Å²) < 4.78 is 4.63. The van der Waals surface area contributed by atoms with E-state index in [1.807, 2.05) is 14.0 Å². The van der Waals surface area contributed by atoms with E-state index in [2.05, 4.69) is 37.2 Å². The Morgan fingerprint density at radius 1 is 1.36 bits per heavy atom. The summed E-state index contributed by atoms with van der Waals surface area (Å²) in [6.07, 6.45) is 4.54. The summed E-state index contributed by atoms with van der Waals surface area (Å²) in [6, 6.07) is 0. The number of aromatic nitrogens is 1. The zero-order chi connectivity index (χ0) is 17.8. The van der Waals surface area contributed by atoms with Gasteiger partial charge in [0.1, 0.15) is 0 Å². The summed E-state index contributed by atoms with van der Waals surface area (Å²) in [7, 11) is 3.47. The van der Waals surface area contributed by atoms with Crippen LogP contribution in [0.1, 0.15) is 49.7 Å². The standard InChI is InChI=1S/C17H30N4O2S.HI/c1-5-18-17(21(3)12-15-13-24-14(2)20-15)19-11-9-7-6-8-10-16(22)23-4;/h13H,5-12H2,1-4H3,(H,18,19);1H. The number of nitrogens with zero attached hydrogens (tertiary/aromatic N) is 3. The molecule has 0 radical (unpaired) electrons. The number of thiazole rings is 1. The highest BCUT2D eigenvalue weighted by Gasteiger charge is 2.08. The second kappa shape index (κ2) is 14.3. The zero-order valence-electron chi connectivity index (χ0n) is 15.7. The molecule has 1 heterocycles. The van der Waals surface area contributed by atoms with Crippen molar-refractivity contribution in [2.75, 3.05) is 27.2 Å². The number of hydrogen-bond donors (Lipinski definition) is 1. The number of aliphatic imine (C=N–C) groups is 1. The van der Waals surface area contributed by atoms with Gasteiger partial charge in [0.25, 0.3) is 0 Å². The first-order valence-electron chi connectivity index (χ1n) is 8.54. The maximum atomic E-state index is 11.0. The van der Waals surface area contributed by atoms with Crippen molar-refractivity contribution in [3.8, 4) is 0 Å². The molecule has 0 saturated carbocycles. The lowest BCUT2D eigenvalue weighted by Crippen LogP contribution is -2.38. The number of esters is 1. The predicted octanol–water partition coefficient (Wildman–Crippen LogP) is 3.59. The van der Waals surface area contributed by atoms with Crippen LogP contribution in [0.2, 0.25) is 0 Å². The van der Waals surface area contributed by atoms with Crippen LogP contribution >= 0.6 is 35.3 Å². The molecule has 1 N–H and O–H groups in total. The van der Waals surface area contributed by atoms with Crippen molar-refractivity contribution in [1.82, 2.24) is 15.2 Å². The zero-order valence-corrected chi connectivity index (χ0v) is 18.9. The van der Waals surface area contributed by atoms with Crippen LogP contribution in [0, 0.1) is 6.92 Å². The third kappa shape index (κ3) is 10.6. The lowest BCUT2D eigenvalue weighted by atomic mass is 10.1. The minimum absolute atomic E-state index is 0. The molecular formula is C17H31IN4O2S. The predicted molar refractivity (Wildman–Crippen MR) is 115 cm³/mol. The second-order valence-electron chi connectivity index (χ2n) is 5.69. The molecule has 1 rings (SSSR count). The molecule has 0 fully saturated rings. The van der Waals surface area contributed by atoms with E-state index in [0.717, 1.165) is 62.0 Å². The fourth-order valence-corrected chi connectivity index (χ4v) is 2.89. The van der Waals surface area contributed by atoms with E-state index in [0.29, 0.717) is 6.42 Å². The summed E-state index contributed by atoms with van der Waals surface area (Å²) >= 11 is 1.67. The number of methoxy groups -OCH3 is 1. The van der Waals surface area contributed by atoms with Crippen LogP contribution in [0.15, 0.2) is 10.4 Å². The van der Waals surface area contributed by atoms with Gasteiger partial charge in [0.15, 0.2) is 5.96 Å². The second-order valence-corrected chi connectivity index (χ2v) is 6.75. The molecule has 144 valence electrons. The minimum Gasteiger partial charge on any atom is -0.469 e. The first-order valence-corrected chi connectivity index (χ1v) is 9.42. The van der Waals surface area contributed by atoms with Gasteiger partial charge in [-0.25, -0.2) is 4.98 Å². The SMILES string of the molecule is CCNC(=NCCCCCCC(=O)OC)N(C)Cc1csc(C)n1.I. The molecule has 1 aromatic heterocycles. The Balaban J connectivity index is 0.00000576. The Labute approximate surface area is 172 Å². The van der Waals surface area contributed by atoms with Crippen molar-refractivity contribution in [3.63, 3.8) is 0 Å². The van der Waals surface area contributed by atoms with Gasteiger partial charge in [-0.1, -0.05) is 12.8 Å². The third-order valence-electron chi connectivity index (χ3n) is 3.54. The number of ether oxygens (including phenoxy) is 1. The molecule has 0 saturated heterocycles. The van der Waals surface area contributed by atoms with Gasteiger partial charge < -0.3 is 15.0 Å². The fourth-order valence-electron chi connectivity index (χ4n) is 2.29. The maximum absolute atomic E-state index is 11.0. The van der Waals surface area contributed by atoms with Crippen LogP contribution in [-0.2, 0) is 16.1 Å². The molecule has 0 bridgehead atoms.